The molecule has 0 aliphatic carbocycles. The van der Waals surface area contributed by atoms with Crippen LogP contribution in [0, 0.1) is 0 Å². The lowest BCUT2D eigenvalue weighted by Gasteiger charge is -2.51. The molecule has 0 unspecified atom stereocenters. The van der Waals surface area contributed by atoms with Crippen molar-refractivity contribution in [1.82, 2.24) is 0 Å². The van der Waals surface area contributed by atoms with Gasteiger partial charge in [0.1, 0.15) is 11.9 Å². The van der Waals surface area contributed by atoms with E-state index in [9.17, 15) is 0 Å². The minimum atomic E-state index is -0.773. The Labute approximate surface area is 226 Å². The van der Waals surface area contributed by atoms with Crippen molar-refractivity contribution in [3.63, 3.8) is 0 Å². The molecule has 2 aliphatic rings. The van der Waals surface area contributed by atoms with E-state index in [-0.39, 0.29) is 12.1 Å². The van der Waals surface area contributed by atoms with Crippen molar-refractivity contribution in [2.45, 2.75) is 68.9 Å². The summed E-state index contributed by atoms with van der Waals surface area (Å²) < 4.78 is 30.3. The van der Waals surface area contributed by atoms with Crippen LogP contribution in [0.3, 0.4) is 0 Å². The number of fused-ring (bicyclic) bond motifs is 1. The second kappa shape index (κ2) is 9.69. The van der Waals surface area contributed by atoms with Crippen LogP contribution in [0.4, 0.5) is 5.69 Å². The molecule has 3 aromatic carbocycles. The molecule has 2 heterocycles. The molecule has 6 heteroatoms. The SMILES string of the molecule is COc1ccc(N[C@H](c2ccccc2)c2ccccc2C[C@]23O[C@@H](C(C)(C)OC)[C@@]2(C(C)(C)OC)O3)cc1. The minimum Gasteiger partial charge on any atom is -0.497 e. The van der Waals surface area contributed by atoms with Gasteiger partial charge in [-0.2, -0.15) is 0 Å². The van der Waals surface area contributed by atoms with Gasteiger partial charge in [0, 0.05) is 26.3 Å². The van der Waals surface area contributed by atoms with Crippen LogP contribution in [-0.4, -0.2) is 50.0 Å². The average molecular weight is 518 g/mol. The summed E-state index contributed by atoms with van der Waals surface area (Å²) in [7, 11) is 5.12. The predicted octanol–water partition coefficient (Wildman–Crippen LogP) is 6.15. The van der Waals surface area contributed by atoms with Crippen LogP contribution in [0.5, 0.6) is 5.75 Å². The first-order valence-electron chi connectivity index (χ1n) is 13.1. The number of ether oxygens (including phenoxy) is 5. The van der Waals surface area contributed by atoms with E-state index in [1.165, 1.54) is 11.1 Å². The number of hydrogen-bond donors (Lipinski definition) is 1. The highest BCUT2D eigenvalue weighted by atomic mass is 16.9. The Kier molecular flexibility index (Phi) is 6.81. The van der Waals surface area contributed by atoms with Gasteiger partial charge in [-0.3, -0.25) is 0 Å². The predicted molar refractivity (Wildman–Crippen MR) is 149 cm³/mol. The van der Waals surface area contributed by atoms with Crippen LogP contribution in [0.2, 0.25) is 0 Å². The molecule has 3 aromatic rings. The lowest BCUT2D eigenvalue weighted by atomic mass is 9.69. The highest BCUT2D eigenvalue weighted by Gasteiger charge is 2.91. The molecule has 0 amide bonds. The van der Waals surface area contributed by atoms with Gasteiger partial charge in [0.25, 0.3) is 0 Å². The molecule has 202 valence electrons. The van der Waals surface area contributed by atoms with E-state index in [2.05, 4.69) is 67.7 Å². The molecule has 4 atom stereocenters. The first-order valence-corrected chi connectivity index (χ1v) is 13.1. The highest BCUT2D eigenvalue weighted by Crippen LogP contribution is 2.71. The van der Waals surface area contributed by atoms with Crippen molar-refractivity contribution in [3.8, 4) is 5.75 Å². The molecular weight excluding hydrogens is 478 g/mol. The highest BCUT2D eigenvalue weighted by molar-refractivity contribution is 5.53. The molecule has 0 aromatic heterocycles. The largest absolute Gasteiger partial charge is 0.497 e. The van der Waals surface area contributed by atoms with Crippen LogP contribution in [0.15, 0.2) is 78.9 Å². The summed E-state index contributed by atoms with van der Waals surface area (Å²) in [6.07, 6.45) is 0.337. The van der Waals surface area contributed by atoms with E-state index in [1.807, 2.05) is 44.2 Å². The monoisotopic (exact) mass is 517 g/mol. The zero-order valence-electron chi connectivity index (χ0n) is 23.4. The smallest absolute Gasteiger partial charge is 0.209 e. The summed E-state index contributed by atoms with van der Waals surface area (Å²) in [6.45, 7) is 8.21. The van der Waals surface area contributed by atoms with E-state index in [0.29, 0.717) is 6.42 Å². The maximum absolute atomic E-state index is 6.59. The van der Waals surface area contributed by atoms with E-state index < -0.39 is 22.6 Å². The van der Waals surface area contributed by atoms with Gasteiger partial charge >= 0.3 is 0 Å². The molecule has 2 fully saturated rings. The van der Waals surface area contributed by atoms with Crippen LogP contribution in [-0.2, 0) is 25.4 Å². The van der Waals surface area contributed by atoms with E-state index in [4.69, 9.17) is 23.7 Å². The zero-order chi connectivity index (χ0) is 27.2. The van der Waals surface area contributed by atoms with Crippen molar-refractivity contribution in [3.05, 3.63) is 95.6 Å². The van der Waals surface area contributed by atoms with Crippen molar-refractivity contribution >= 4 is 5.69 Å². The van der Waals surface area contributed by atoms with Gasteiger partial charge in [-0.25, -0.2) is 0 Å². The van der Waals surface area contributed by atoms with Gasteiger partial charge in [-0.15, -0.1) is 0 Å². The number of epoxide rings is 1. The number of methoxy groups -OCH3 is 3. The summed E-state index contributed by atoms with van der Waals surface area (Å²) in [5, 5.41) is 3.75. The van der Waals surface area contributed by atoms with Crippen LogP contribution in [0.25, 0.3) is 0 Å². The normalized spacial score (nSPS) is 25.2. The quantitative estimate of drug-likeness (QED) is 0.308. The summed E-state index contributed by atoms with van der Waals surface area (Å²) in [4.78, 5) is 0. The number of rotatable bonds is 11. The molecule has 0 spiro atoms. The van der Waals surface area contributed by atoms with E-state index in [1.54, 1.807) is 21.3 Å². The van der Waals surface area contributed by atoms with E-state index in [0.717, 1.165) is 17.0 Å². The van der Waals surface area contributed by atoms with Gasteiger partial charge in [0.05, 0.1) is 24.4 Å². The molecule has 0 saturated carbocycles. The Bertz CT molecular complexity index is 1250. The average Bonchev–Trinajstić information content (AvgIpc) is 3.45. The molecule has 1 N–H and O–H groups in total. The van der Waals surface area contributed by atoms with Gasteiger partial charge in [-0.1, -0.05) is 54.6 Å². The van der Waals surface area contributed by atoms with E-state index >= 15 is 0 Å². The lowest BCUT2D eigenvalue weighted by molar-refractivity contribution is -0.261. The topological polar surface area (TPSA) is 61.5 Å². The Morgan fingerprint density at radius 3 is 2.13 bits per heavy atom. The van der Waals surface area contributed by atoms with Crippen molar-refractivity contribution in [2.75, 3.05) is 26.6 Å². The Balaban J connectivity index is 1.51. The summed E-state index contributed by atoms with van der Waals surface area (Å²) in [5.74, 6) is 0.0507. The number of benzene rings is 3. The molecule has 6 nitrogen and oxygen atoms in total. The molecule has 0 bridgehead atoms. The third-order valence-corrected chi connectivity index (χ3v) is 8.41. The van der Waals surface area contributed by atoms with Crippen LogP contribution >= 0.6 is 0 Å². The summed E-state index contributed by atoms with van der Waals surface area (Å²) in [5.41, 5.74) is 2.78. The minimum absolute atomic E-state index is 0.0768. The summed E-state index contributed by atoms with van der Waals surface area (Å²) in [6, 6.07) is 26.9. The molecular formula is C32H39NO5. The third kappa shape index (κ3) is 4.20. The van der Waals surface area contributed by atoms with Crippen molar-refractivity contribution < 1.29 is 23.7 Å². The van der Waals surface area contributed by atoms with Gasteiger partial charge in [-0.05, 0) is 68.7 Å². The van der Waals surface area contributed by atoms with Crippen molar-refractivity contribution in [2.24, 2.45) is 0 Å². The second-order valence-corrected chi connectivity index (χ2v) is 11.2. The zero-order valence-corrected chi connectivity index (χ0v) is 23.4. The molecule has 2 aliphatic heterocycles. The maximum atomic E-state index is 6.59. The van der Waals surface area contributed by atoms with Gasteiger partial charge in [0.15, 0.2) is 5.60 Å². The van der Waals surface area contributed by atoms with Crippen molar-refractivity contribution in [1.29, 1.82) is 0 Å². The number of hydrogen-bond acceptors (Lipinski definition) is 6. The molecule has 5 rings (SSSR count). The summed E-state index contributed by atoms with van der Waals surface area (Å²) >= 11 is 0. The second-order valence-electron chi connectivity index (χ2n) is 11.2. The lowest BCUT2D eigenvalue weighted by Crippen LogP contribution is -2.71. The molecule has 0 radical (unpaired) electrons. The number of anilines is 1. The first kappa shape index (κ1) is 26.7. The Hall–Kier alpha value is -2.90. The van der Waals surface area contributed by atoms with Gasteiger partial charge in [0.2, 0.25) is 5.79 Å². The fourth-order valence-corrected chi connectivity index (χ4v) is 5.88. The number of nitrogens with one attached hydrogen (secondary N) is 1. The van der Waals surface area contributed by atoms with Gasteiger partial charge < -0.3 is 29.0 Å². The fraction of sp³-hybridized carbons (Fsp3) is 0.438. The fourth-order valence-electron chi connectivity index (χ4n) is 5.88. The first-order chi connectivity index (χ1) is 18.1. The molecule has 2 saturated heterocycles. The Morgan fingerprint density at radius 2 is 1.50 bits per heavy atom. The Morgan fingerprint density at radius 1 is 0.842 bits per heavy atom. The molecule has 38 heavy (non-hydrogen) atoms. The van der Waals surface area contributed by atoms with Crippen LogP contribution in [0.1, 0.15) is 50.4 Å². The maximum Gasteiger partial charge on any atom is 0.209 e. The van der Waals surface area contributed by atoms with Crippen LogP contribution < -0.4 is 10.1 Å². The standard InChI is InChI=1S/C32H39NO5/c1-29(2,35-6)28-32(30(3,4)36-7)31(37-28,38-32)21-23-15-11-12-16-26(23)27(22-13-9-8-10-14-22)33-24-17-19-25(34-5)20-18-24/h8-20,27-28,33H,21H2,1-7H3/t27-,28+,31-,32+/m1/s1. The third-order valence-electron chi connectivity index (χ3n) is 8.41.